The molecule has 94 valence electrons. The van der Waals surface area contributed by atoms with Crippen molar-refractivity contribution in [3.63, 3.8) is 0 Å². The fourth-order valence-electron chi connectivity index (χ4n) is 1.52. The monoisotopic (exact) mass is 310 g/mol. The SMILES string of the molecule is COc1cc(Br)c(F)cc1OCc1ccccc1. The second kappa shape index (κ2) is 5.87. The molecule has 0 N–H and O–H groups in total. The summed E-state index contributed by atoms with van der Waals surface area (Å²) in [5.74, 6) is 0.514. The molecule has 18 heavy (non-hydrogen) atoms. The van der Waals surface area contributed by atoms with Crippen LogP contribution in [-0.2, 0) is 6.61 Å². The van der Waals surface area contributed by atoms with Crippen LogP contribution in [0.2, 0.25) is 0 Å². The molecular formula is C14H12BrFO2. The highest BCUT2D eigenvalue weighted by Crippen LogP contribution is 2.33. The fraction of sp³-hybridized carbons (Fsp3) is 0.143. The number of rotatable bonds is 4. The van der Waals surface area contributed by atoms with Crippen LogP contribution in [0, 0.1) is 5.82 Å². The molecule has 2 aromatic rings. The van der Waals surface area contributed by atoms with Gasteiger partial charge in [0.05, 0.1) is 11.6 Å². The van der Waals surface area contributed by atoms with Crippen molar-refractivity contribution >= 4 is 15.9 Å². The summed E-state index contributed by atoms with van der Waals surface area (Å²) in [6, 6.07) is 12.5. The van der Waals surface area contributed by atoms with Crippen molar-refractivity contribution in [2.45, 2.75) is 6.61 Å². The maximum Gasteiger partial charge on any atom is 0.164 e. The van der Waals surface area contributed by atoms with Crippen LogP contribution in [0.25, 0.3) is 0 Å². The third kappa shape index (κ3) is 3.01. The van der Waals surface area contributed by atoms with E-state index in [0.717, 1.165) is 5.56 Å². The molecule has 2 aromatic carbocycles. The van der Waals surface area contributed by atoms with Crippen LogP contribution in [0.15, 0.2) is 46.9 Å². The molecule has 0 aliphatic rings. The van der Waals surface area contributed by atoms with Gasteiger partial charge in [-0.3, -0.25) is 0 Å². The average Bonchev–Trinajstić information content (AvgIpc) is 2.41. The van der Waals surface area contributed by atoms with E-state index in [-0.39, 0.29) is 5.82 Å². The lowest BCUT2D eigenvalue weighted by molar-refractivity contribution is 0.282. The van der Waals surface area contributed by atoms with E-state index in [2.05, 4.69) is 15.9 Å². The van der Waals surface area contributed by atoms with Crippen molar-refractivity contribution in [1.82, 2.24) is 0 Å². The van der Waals surface area contributed by atoms with Crippen LogP contribution < -0.4 is 9.47 Å². The Labute approximate surface area is 113 Å². The summed E-state index contributed by atoms with van der Waals surface area (Å²) in [5.41, 5.74) is 1.02. The number of methoxy groups -OCH3 is 1. The highest BCUT2D eigenvalue weighted by Gasteiger charge is 2.10. The maximum atomic E-state index is 13.4. The smallest absolute Gasteiger partial charge is 0.164 e. The van der Waals surface area contributed by atoms with E-state index in [9.17, 15) is 4.39 Å². The first-order valence-electron chi connectivity index (χ1n) is 5.40. The van der Waals surface area contributed by atoms with E-state index in [1.54, 1.807) is 6.07 Å². The van der Waals surface area contributed by atoms with Gasteiger partial charge in [-0.2, -0.15) is 0 Å². The van der Waals surface area contributed by atoms with Crippen molar-refractivity contribution in [3.8, 4) is 11.5 Å². The summed E-state index contributed by atoms with van der Waals surface area (Å²) in [5, 5.41) is 0. The van der Waals surface area contributed by atoms with Gasteiger partial charge in [-0.1, -0.05) is 30.3 Å². The number of hydrogen-bond donors (Lipinski definition) is 0. The van der Waals surface area contributed by atoms with Gasteiger partial charge in [-0.05, 0) is 21.5 Å². The number of benzene rings is 2. The van der Waals surface area contributed by atoms with Gasteiger partial charge in [-0.15, -0.1) is 0 Å². The topological polar surface area (TPSA) is 18.5 Å². The molecular weight excluding hydrogens is 299 g/mol. The number of ether oxygens (including phenoxy) is 2. The Morgan fingerprint density at radius 2 is 1.83 bits per heavy atom. The Bertz CT molecular complexity index is 529. The number of halogens is 2. The van der Waals surface area contributed by atoms with Crippen LogP contribution in [0.4, 0.5) is 4.39 Å². The average molecular weight is 311 g/mol. The van der Waals surface area contributed by atoms with Crippen LogP contribution in [0.5, 0.6) is 11.5 Å². The van der Waals surface area contributed by atoms with Crippen molar-refractivity contribution < 1.29 is 13.9 Å². The van der Waals surface area contributed by atoms with E-state index in [0.29, 0.717) is 22.6 Å². The van der Waals surface area contributed by atoms with Gasteiger partial charge in [0.25, 0.3) is 0 Å². The van der Waals surface area contributed by atoms with Gasteiger partial charge in [0.1, 0.15) is 12.4 Å². The zero-order chi connectivity index (χ0) is 13.0. The van der Waals surface area contributed by atoms with E-state index in [1.165, 1.54) is 13.2 Å². The third-order valence-corrected chi connectivity index (χ3v) is 3.05. The van der Waals surface area contributed by atoms with E-state index < -0.39 is 0 Å². The van der Waals surface area contributed by atoms with Crippen molar-refractivity contribution in [3.05, 3.63) is 58.3 Å². The van der Waals surface area contributed by atoms with Gasteiger partial charge >= 0.3 is 0 Å². The zero-order valence-corrected chi connectivity index (χ0v) is 11.4. The molecule has 0 fully saturated rings. The predicted molar refractivity (Wildman–Crippen MR) is 71.4 cm³/mol. The normalized spacial score (nSPS) is 10.2. The standard InChI is InChI=1S/C14H12BrFO2/c1-17-13-7-11(15)12(16)8-14(13)18-9-10-5-3-2-4-6-10/h2-8H,9H2,1H3. The lowest BCUT2D eigenvalue weighted by atomic mass is 10.2. The minimum Gasteiger partial charge on any atom is -0.493 e. The second-order valence-electron chi connectivity index (χ2n) is 3.69. The minimum absolute atomic E-state index is 0.353. The van der Waals surface area contributed by atoms with E-state index in [1.807, 2.05) is 30.3 Å². The van der Waals surface area contributed by atoms with Crippen molar-refractivity contribution in [2.24, 2.45) is 0 Å². The molecule has 2 nitrogen and oxygen atoms in total. The first-order valence-corrected chi connectivity index (χ1v) is 6.20. The molecule has 0 unspecified atom stereocenters. The molecule has 4 heteroatoms. The molecule has 0 aliphatic carbocycles. The second-order valence-corrected chi connectivity index (χ2v) is 4.55. The van der Waals surface area contributed by atoms with Gasteiger partial charge in [0, 0.05) is 12.1 Å². The molecule has 0 saturated carbocycles. The largest absolute Gasteiger partial charge is 0.493 e. The first-order chi connectivity index (χ1) is 8.70. The molecule has 0 heterocycles. The highest BCUT2D eigenvalue weighted by atomic mass is 79.9. The summed E-state index contributed by atoms with van der Waals surface area (Å²) in [4.78, 5) is 0. The zero-order valence-electron chi connectivity index (χ0n) is 9.82. The molecule has 0 spiro atoms. The quantitative estimate of drug-likeness (QED) is 0.843. The molecule has 0 atom stereocenters. The van der Waals surface area contributed by atoms with Gasteiger partial charge in [-0.25, -0.2) is 4.39 Å². The van der Waals surface area contributed by atoms with Gasteiger partial charge in [0.15, 0.2) is 11.5 Å². The lowest BCUT2D eigenvalue weighted by Crippen LogP contribution is -1.98. The van der Waals surface area contributed by atoms with Crippen molar-refractivity contribution in [1.29, 1.82) is 0 Å². The Kier molecular flexibility index (Phi) is 4.20. The molecule has 0 saturated heterocycles. The maximum absolute atomic E-state index is 13.4. The molecule has 0 amide bonds. The van der Waals surface area contributed by atoms with Gasteiger partial charge < -0.3 is 9.47 Å². The molecule has 0 aliphatic heterocycles. The minimum atomic E-state index is -0.376. The summed E-state index contributed by atoms with van der Waals surface area (Å²) >= 11 is 3.11. The number of hydrogen-bond acceptors (Lipinski definition) is 2. The molecule has 0 aromatic heterocycles. The first kappa shape index (κ1) is 12.9. The third-order valence-electron chi connectivity index (χ3n) is 2.44. The lowest BCUT2D eigenvalue weighted by Gasteiger charge is -2.11. The summed E-state index contributed by atoms with van der Waals surface area (Å²) in [6.07, 6.45) is 0. The Balaban J connectivity index is 2.16. The summed E-state index contributed by atoms with van der Waals surface area (Å²) < 4.78 is 24.5. The summed E-state index contributed by atoms with van der Waals surface area (Å²) in [7, 11) is 1.52. The van der Waals surface area contributed by atoms with Crippen LogP contribution in [0.1, 0.15) is 5.56 Å². The molecule has 0 bridgehead atoms. The van der Waals surface area contributed by atoms with Gasteiger partial charge in [0.2, 0.25) is 0 Å². The predicted octanol–water partition coefficient (Wildman–Crippen LogP) is 4.18. The van der Waals surface area contributed by atoms with Crippen LogP contribution in [-0.4, -0.2) is 7.11 Å². The Morgan fingerprint density at radius 1 is 1.11 bits per heavy atom. The van der Waals surface area contributed by atoms with Crippen molar-refractivity contribution in [2.75, 3.05) is 7.11 Å². The van der Waals surface area contributed by atoms with Crippen LogP contribution in [0.3, 0.4) is 0 Å². The molecule has 0 radical (unpaired) electrons. The summed E-state index contributed by atoms with van der Waals surface area (Å²) in [6.45, 7) is 0.373. The van der Waals surface area contributed by atoms with E-state index in [4.69, 9.17) is 9.47 Å². The Hall–Kier alpha value is -1.55. The fourth-order valence-corrected chi connectivity index (χ4v) is 1.84. The Morgan fingerprint density at radius 3 is 2.50 bits per heavy atom. The van der Waals surface area contributed by atoms with E-state index >= 15 is 0 Å². The van der Waals surface area contributed by atoms with Crippen LogP contribution >= 0.6 is 15.9 Å². The highest BCUT2D eigenvalue weighted by molar-refractivity contribution is 9.10. The molecule has 2 rings (SSSR count).